The molecular formula is C23H36N6O5S. The summed E-state index contributed by atoms with van der Waals surface area (Å²) in [6, 6.07) is -0.293. The number of rotatable bonds is 9. The minimum atomic E-state index is -3.87. The predicted molar refractivity (Wildman–Crippen MR) is 130 cm³/mol. The highest BCUT2D eigenvalue weighted by molar-refractivity contribution is 7.93. The van der Waals surface area contributed by atoms with Crippen molar-refractivity contribution >= 4 is 16.0 Å². The fourth-order valence-electron chi connectivity index (χ4n) is 4.95. The van der Waals surface area contributed by atoms with Crippen LogP contribution in [0, 0.1) is 6.92 Å². The third-order valence-electron chi connectivity index (χ3n) is 7.22. The van der Waals surface area contributed by atoms with Gasteiger partial charge in [-0.2, -0.15) is 0 Å². The Balaban J connectivity index is 1.69. The summed E-state index contributed by atoms with van der Waals surface area (Å²) in [5.41, 5.74) is 0.914. The lowest BCUT2D eigenvalue weighted by Crippen LogP contribution is -2.42. The van der Waals surface area contributed by atoms with Crippen LogP contribution < -0.4 is 4.72 Å². The van der Waals surface area contributed by atoms with E-state index >= 15 is 0 Å². The van der Waals surface area contributed by atoms with Crippen molar-refractivity contribution < 1.29 is 22.6 Å². The highest BCUT2D eigenvalue weighted by Crippen LogP contribution is 2.39. The van der Waals surface area contributed by atoms with Crippen LogP contribution >= 0.6 is 0 Å². The van der Waals surface area contributed by atoms with E-state index < -0.39 is 21.2 Å². The zero-order chi connectivity index (χ0) is 25.2. The molecule has 1 aliphatic carbocycles. The SMILES string of the molecule is CO[C@H]1CCC[C@@H](OC)C1n1c(NS(=O)(=O)[C@@H](C)[C@H](C)c2ncc(C)cn2)nnc1[C@H]1CCCO1. The van der Waals surface area contributed by atoms with Gasteiger partial charge < -0.3 is 14.2 Å². The number of methoxy groups -OCH3 is 2. The van der Waals surface area contributed by atoms with Gasteiger partial charge in [-0.3, -0.25) is 9.29 Å². The molecule has 0 bridgehead atoms. The molecule has 1 N–H and O–H groups in total. The first kappa shape index (κ1) is 25.9. The predicted octanol–water partition coefficient (Wildman–Crippen LogP) is 2.92. The van der Waals surface area contributed by atoms with Gasteiger partial charge in [0.1, 0.15) is 11.9 Å². The van der Waals surface area contributed by atoms with Crippen molar-refractivity contribution in [3.8, 4) is 0 Å². The van der Waals surface area contributed by atoms with E-state index in [1.165, 1.54) is 0 Å². The number of sulfonamides is 1. The third-order valence-corrected chi connectivity index (χ3v) is 9.07. The summed E-state index contributed by atoms with van der Waals surface area (Å²) in [4.78, 5) is 8.65. The summed E-state index contributed by atoms with van der Waals surface area (Å²) in [6.45, 7) is 5.98. The molecule has 3 heterocycles. The third kappa shape index (κ3) is 5.35. The Hall–Kier alpha value is -2.15. The zero-order valence-electron chi connectivity index (χ0n) is 21.0. The molecule has 1 unspecified atom stereocenters. The average molecular weight is 509 g/mol. The second kappa shape index (κ2) is 10.9. The smallest absolute Gasteiger partial charge is 0.238 e. The quantitative estimate of drug-likeness (QED) is 0.543. The fraction of sp³-hybridized carbons (Fsp3) is 0.739. The van der Waals surface area contributed by atoms with Gasteiger partial charge in [0, 0.05) is 39.1 Å². The number of hydrogen-bond acceptors (Lipinski definition) is 9. The van der Waals surface area contributed by atoms with E-state index in [0.717, 1.165) is 37.7 Å². The Bertz CT molecular complexity index is 1070. The highest BCUT2D eigenvalue weighted by Gasteiger charge is 2.41. The maximum Gasteiger partial charge on any atom is 0.238 e. The minimum absolute atomic E-state index is 0.148. The summed E-state index contributed by atoms with van der Waals surface area (Å²) in [5.74, 6) is 0.783. The number of aryl methyl sites for hydroxylation is 1. The standard InChI is InChI=1S/C23H36N6O5S/c1-14-12-24-21(25-13-14)15(2)16(3)35(30,31)28-23-27-26-22(19-10-7-11-34-19)29(23)20-17(32-4)8-6-9-18(20)33-5/h12-13,15-20H,6-11H2,1-5H3,(H,27,28)/t15-,16-,17-,18+,19+,20?/m0/s1. The molecule has 194 valence electrons. The van der Waals surface area contributed by atoms with Gasteiger partial charge >= 0.3 is 0 Å². The number of ether oxygens (including phenoxy) is 3. The van der Waals surface area contributed by atoms with Gasteiger partial charge in [0.15, 0.2) is 5.82 Å². The van der Waals surface area contributed by atoms with Crippen LogP contribution in [0.2, 0.25) is 0 Å². The molecule has 0 aromatic carbocycles. The molecule has 2 aliphatic rings. The van der Waals surface area contributed by atoms with E-state index in [0.29, 0.717) is 18.3 Å². The van der Waals surface area contributed by atoms with E-state index in [1.54, 1.807) is 40.5 Å². The lowest BCUT2D eigenvalue weighted by atomic mass is 9.89. The average Bonchev–Trinajstić information content (AvgIpc) is 3.52. The van der Waals surface area contributed by atoms with Gasteiger partial charge in [-0.25, -0.2) is 18.4 Å². The van der Waals surface area contributed by atoms with Crippen molar-refractivity contribution in [2.45, 2.75) is 88.4 Å². The van der Waals surface area contributed by atoms with Crippen LogP contribution in [-0.4, -0.2) is 71.4 Å². The number of nitrogens with one attached hydrogen (secondary N) is 1. The van der Waals surface area contributed by atoms with E-state index in [9.17, 15) is 8.42 Å². The second-order valence-electron chi connectivity index (χ2n) is 9.48. The molecule has 0 radical (unpaired) electrons. The van der Waals surface area contributed by atoms with Crippen LogP contribution in [-0.2, 0) is 24.2 Å². The number of nitrogens with zero attached hydrogens (tertiary/aromatic N) is 5. The van der Waals surface area contributed by atoms with Gasteiger partial charge in [0.2, 0.25) is 16.0 Å². The van der Waals surface area contributed by atoms with Crippen LogP contribution in [0.5, 0.6) is 0 Å². The monoisotopic (exact) mass is 508 g/mol. The number of anilines is 1. The minimum Gasteiger partial charge on any atom is -0.379 e. The molecule has 1 saturated carbocycles. The lowest BCUT2D eigenvalue weighted by molar-refractivity contribution is -0.0580. The normalized spacial score (nSPS) is 27.0. The topological polar surface area (TPSA) is 130 Å². The van der Waals surface area contributed by atoms with Gasteiger partial charge in [0.05, 0.1) is 23.5 Å². The van der Waals surface area contributed by atoms with Crippen LogP contribution in [0.3, 0.4) is 0 Å². The van der Waals surface area contributed by atoms with Crippen molar-refractivity contribution in [1.82, 2.24) is 24.7 Å². The molecule has 0 spiro atoms. The van der Waals surface area contributed by atoms with Crippen molar-refractivity contribution in [3.05, 3.63) is 29.6 Å². The summed E-state index contributed by atoms with van der Waals surface area (Å²) in [5, 5.41) is 7.86. The van der Waals surface area contributed by atoms with Crippen molar-refractivity contribution in [3.63, 3.8) is 0 Å². The Labute approximate surface area is 207 Å². The van der Waals surface area contributed by atoms with Crippen molar-refractivity contribution in [2.75, 3.05) is 25.5 Å². The molecule has 12 heteroatoms. The fourth-order valence-corrected chi connectivity index (χ4v) is 6.19. The maximum atomic E-state index is 13.5. The molecule has 1 saturated heterocycles. The summed E-state index contributed by atoms with van der Waals surface area (Å²) in [6.07, 6.45) is 7.09. The van der Waals surface area contributed by atoms with Gasteiger partial charge in [-0.05, 0) is 51.5 Å². The lowest BCUT2D eigenvalue weighted by Gasteiger charge is -2.38. The summed E-state index contributed by atoms with van der Waals surface area (Å²) in [7, 11) is -0.531. The molecule has 2 fully saturated rings. The van der Waals surface area contributed by atoms with Gasteiger partial charge in [-0.1, -0.05) is 6.92 Å². The summed E-state index contributed by atoms with van der Waals surface area (Å²) < 4.78 is 49.1. The van der Waals surface area contributed by atoms with Crippen LogP contribution in [0.1, 0.15) is 81.2 Å². The molecule has 4 rings (SSSR count). The molecule has 2 aromatic heterocycles. The molecule has 6 atom stereocenters. The molecule has 11 nitrogen and oxygen atoms in total. The largest absolute Gasteiger partial charge is 0.379 e. The van der Waals surface area contributed by atoms with Crippen LogP contribution in [0.4, 0.5) is 5.95 Å². The van der Waals surface area contributed by atoms with E-state index in [1.807, 2.05) is 11.5 Å². The molecule has 35 heavy (non-hydrogen) atoms. The number of aromatic nitrogens is 5. The first-order valence-electron chi connectivity index (χ1n) is 12.2. The van der Waals surface area contributed by atoms with Gasteiger partial charge in [-0.15, -0.1) is 10.2 Å². The first-order chi connectivity index (χ1) is 16.8. The van der Waals surface area contributed by atoms with Crippen molar-refractivity contribution in [2.24, 2.45) is 0 Å². The second-order valence-corrected chi connectivity index (χ2v) is 11.5. The van der Waals surface area contributed by atoms with E-state index in [4.69, 9.17) is 14.2 Å². The Morgan fingerprint density at radius 3 is 2.29 bits per heavy atom. The number of hydrogen-bond donors (Lipinski definition) is 1. The van der Waals surface area contributed by atoms with Crippen LogP contribution in [0.25, 0.3) is 0 Å². The zero-order valence-corrected chi connectivity index (χ0v) is 21.9. The van der Waals surface area contributed by atoms with E-state index in [-0.39, 0.29) is 30.3 Å². The molecular weight excluding hydrogens is 472 g/mol. The molecule has 0 amide bonds. The molecule has 2 aromatic rings. The highest BCUT2D eigenvalue weighted by atomic mass is 32.2. The Kier molecular flexibility index (Phi) is 8.04. The first-order valence-corrected chi connectivity index (χ1v) is 13.7. The molecule has 1 aliphatic heterocycles. The maximum absolute atomic E-state index is 13.5. The van der Waals surface area contributed by atoms with Gasteiger partial charge in [0.25, 0.3) is 0 Å². The Morgan fingerprint density at radius 2 is 1.71 bits per heavy atom. The summed E-state index contributed by atoms with van der Waals surface area (Å²) >= 11 is 0. The van der Waals surface area contributed by atoms with E-state index in [2.05, 4.69) is 24.9 Å². The Morgan fingerprint density at radius 1 is 1.06 bits per heavy atom. The van der Waals surface area contributed by atoms with Crippen LogP contribution in [0.15, 0.2) is 12.4 Å². The van der Waals surface area contributed by atoms with Crippen molar-refractivity contribution in [1.29, 1.82) is 0 Å².